The molecule has 0 unspecified atom stereocenters. The Morgan fingerprint density at radius 1 is 1.29 bits per heavy atom. The zero-order valence-corrected chi connectivity index (χ0v) is 13.8. The summed E-state index contributed by atoms with van der Waals surface area (Å²) in [5, 5.41) is 0. The molecular formula is C15H25N3O2S. The predicted molar refractivity (Wildman–Crippen MR) is 85.5 cm³/mol. The van der Waals surface area contributed by atoms with Crippen LogP contribution in [-0.4, -0.2) is 25.3 Å². The van der Waals surface area contributed by atoms with E-state index in [9.17, 15) is 8.42 Å². The van der Waals surface area contributed by atoms with Gasteiger partial charge in [0.2, 0.25) is 10.0 Å². The first-order chi connectivity index (χ1) is 9.91. The van der Waals surface area contributed by atoms with Crippen LogP contribution in [0.3, 0.4) is 0 Å². The van der Waals surface area contributed by atoms with Gasteiger partial charge in [0.15, 0.2) is 0 Å². The Morgan fingerprint density at radius 3 is 2.29 bits per heavy atom. The number of hydrazine groups is 1. The van der Waals surface area contributed by atoms with Crippen molar-refractivity contribution in [2.45, 2.75) is 57.4 Å². The van der Waals surface area contributed by atoms with Crippen molar-refractivity contribution in [1.82, 2.24) is 4.31 Å². The van der Waals surface area contributed by atoms with E-state index in [0.29, 0.717) is 11.4 Å². The molecule has 1 fully saturated rings. The molecule has 0 amide bonds. The Kier molecular flexibility index (Phi) is 4.91. The molecule has 2 rings (SSSR count). The van der Waals surface area contributed by atoms with Gasteiger partial charge in [0.1, 0.15) is 0 Å². The van der Waals surface area contributed by atoms with Gasteiger partial charge in [0.05, 0.1) is 4.90 Å². The second kappa shape index (κ2) is 6.34. The Labute approximate surface area is 127 Å². The van der Waals surface area contributed by atoms with Gasteiger partial charge in [-0.1, -0.05) is 13.3 Å². The maximum absolute atomic E-state index is 13.0. The van der Waals surface area contributed by atoms with Gasteiger partial charge in [-0.25, -0.2) is 8.42 Å². The molecule has 0 aliphatic heterocycles. The molecule has 5 nitrogen and oxygen atoms in total. The summed E-state index contributed by atoms with van der Waals surface area (Å²) in [6.07, 6.45) is 3.84. The molecule has 1 saturated carbocycles. The monoisotopic (exact) mass is 311 g/mol. The average molecular weight is 311 g/mol. The zero-order chi connectivity index (χ0) is 15.6. The average Bonchev–Trinajstić information content (AvgIpc) is 3.22. The number of sulfonamides is 1. The molecule has 0 saturated heterocycles. The molecule has 21 heavy (non-hydrogen) atoms. The molecule has 6 heteroatoms. The van der Waals surface area contributed by atoms with E-state index < -0.39 is 10.0 Å². The number of nitrogens with two attached hydrogens (primary N) is 1. The summed E-state index contributed by atoms with van der Waals surface area (Å²) in [5.41, 5.74) is 4.79. The molecule has 1 aliphatic carbocycles. The first-order valence-corrected chi connectivity index (χ1v) is 8.95. The minimum atomic E-state index is -3.43. The van der Waals surface area contributed by atoms with Crippen molar-refractivity contribution in [2.75, 3.05) is 12.0 Å². The van der Waals surface area contributed by atoms with Crippen LogP contribution in [0.4, 0.5) is 5.69 Å². The third kappa shape index (κ3) is 3.39. The lowest BCUT2D eigenvalue weighted by Crippen LogP contribution is -2.35. The normalized spacial score (nSPS) is 15.5. The second-order valence-electron chi connectivity index (χ2n) is 5.78. The third-order valence-electron chi connectivity index (χ3n) is 3.88. The largest absolute Gasteiger partial charge is 0.324 e. The Morgan fingerprint density at radius 2 is 1.86 bits per heavy atom. The summed E-state index contributed by atoms with van der Waals surface area (Å²) in [6, 6.07) is 3.75. The molecule has 3 N–H and O–H groups in total. The summed E-state index contributed by atoms with van der Waals surface area (Å²) in [7, 11) is -3.43. The van der Waals surface area contributed by atoms with Crippen LogP contribution in [0.15, 0.2) is 17.0 Å². The molecule has 1 aromatic carbocycles. The number of nitrogens with zero attached hydrogens (tertiary/aromatic N) is 1. The van der Waals surface area contributed by atoms with E-state index in [4.69, 9.17) is 5.84 Å². The Balaban J connectivity index is 2.42. The van der Waals surface area contributed by atoms with Gasteiger partial charge in [-0.3, -0.25) is 5.84 Å². The highest BCUT2D eigenvalue weighted by atomic mass is 32.2. The standard InChI is InChI=1S/C15H25N3O2S/c1-4-5-8-18(14-6-7-14)21(19,20)15-11(2)9-13(17-16)10-12(15)3/h9-10,14,17H,4-8,16H2,1-3H3. The van der Waals surface area contributed by atoms with Crippen molar-refractivity contribution < 1.29 is 8.42 Å². The molecule has 0 spiro atoms. The molecule has 0 heterocycles. The highest BCUT2D eigenvalue weighted by molar-refractivity contribution is 7.89. The molecule has 1 aliphatic rings. The molecule has 1 aromatic rings. The Bertz CT molecular complexity index is 586. The van der Waals surface area contributed by atoms with E-state index in [1.54, 1.807) is 16.4 Å². The van der Waals surface area contributed by atoms with Gasteiger partial charge in [-0.15, -0.1) is 0 Å². The van der Waals surface area contributed by atoms with Crippen LogP contribution in [0.1, 0.15) is 43.7 Å². The van der Waals surface area contributed by atoms with Crippen molar-refractivity contribution in [3.05, 3.63) is 23.3 Å². The minimum Gasteiger partial charge on any atom is -0.324 e. The number of hydrogen-bond donors (Lipinski definition) is 2. The first kappa shape index (κ1) is 16.3. The maximum Gasteiger partial charge on any atom is 0.243 e. The lowest BCUT2D eigenvalue weighted by atomic mass is 10.1. The van der Waals surface area contributed by atoms with E-state index in [1.165, 1.54) is 0 Å². The number of nitrogens with one attached hydrogen (secondary N) is 1. The van der Waals surface area contributed by atoms with E-state index in [-0.39, 0.29) is 6.04 Å². The van der Waals surface area contributed by atoms with E-state index in [0.717, 1.165) is 42.5 Å². The van der Waals surface area contributed by atoms with Crippen LogP contribution in [0.5, 0.6) is 0 Å². The van der Waals surface area contributed by atoms with Crippen LogP contribution in [0, 0.1) is 13.8 Å². The van der Waals surface area contributed by atoms with Gasteiger partial charge in [0, 0.05) is 18.3 Å². The number of aryl methyl sites for hydroxylation is 2. The highest BCUT2D eigenvalue weighted by Gasteiger charge is 2.38. The number of rotatable bonds is 7. The summed E-state index contributed by atoms with van der Waals surface area (Å²) in [5.74, 6) is 5.42. The summed E-state index contributed by atoms with van der Waals surface area (Å²) in [4.78, 5) is 0.435. The molecule has 0 bridgehead atoms. The van der Waals surface area contributed by atoms with Crippen LogP contribution in [0.25, 0.3) is 0 Å². The van der Waals surface area contributed by atoms with Crippen molar-refractivity contribution in [3.63, 3.8) is 0 Å². The van der Waals surface area contributed by atoms with Crippen LogP contribution in [0.2, 0.25) is 0 Å². The molecule has 0 radical (unpaired) electrons. The van der Waals surface area contributed by atoms with E-state index in [2.05, 4.69) is 12.3 Å². The van der Waals surface area contributed by atoms with Gasteiger partial charge in [-0.2, -0.15) is 4.31 Å². The number of hydrogen-bond acceptors (Lipinski definition) is 4. The first-order valence-electron chi connectivity index (χ1n) is 7.51. The van der Waals surface area contributed by atoms with Crippen molar-refractivity contribution in [2.24, 2.45) is 5.84 Å². The van der Waals surface area contributed by atoms with Gasteiger partial charge in [-0.05, 0) is 56.4 Å². The zero-order valence-electron chi connectivity index (χ0n) is 13.0. The molecule has 118 valence electrons. The van der Waals surface area contributed by atoms with E-state index >= 15 is 0 Å². The topological polar surface area (TPSA) is 75.4 Å². The third-order valence-corrected chi connectivity index (χ3v) is 6.14. The quantitative estimate of drug-likeness (QED) is 0.599. The summed E-state index contributed by atoms with van der Waals surface area (Å²) in [6.45, 7) is 6.34. The van der Waals surface area contributed by atoms with Crippen molar-refractivity contribution >= 4 is 15.7 Å². The fourth-order valence-corrected chi connectivity index (χ4v) is 4.87. The van der Waals surface area contributed by atoms with Crippen molar-refractivity contribution in [3.8, 4) is 0 Å². The van der Waals surface area contributed by atoms with Gasteiger partial charge < -0.3 is 5.43 Å². The van der Waals surface area contributed by atoms with Gasteiger partial charge >= 0.3 is 0 Å². The van der Waals surface area contributed by atoms with Crippen LogP contribution in [-0.2, 0) is 10.0 Å². The summed E-state index contributed by atoms with van der Waals surface area (Å²) < 4.78 is 27.8. The SMILES string of the molecule is CCCCN(C1CC1)S(=O)(=O)c1c(C)cc(NN)cc1C. The van der Waals surface area contributed by atoms with E-state index in [1.807, 2.05) is 13.8 Å². The molecule has 0 aromatic heterocycles. The predicted octanol–water partition coefficient (Wildman–Crippen LogP) is 2.54. The lowest BCUT2D eigenvalue weighted by Gasteiger charge is -2.24. The van der Waals surface area contributed by atoms with Gasteiger partial charge in [0.25, 0.3) is 0 Å². The van der Waals surface area contributed by atoms with Crippen LogP contribution < -0.4 is 11.3 Å². The number of benzene rings is 1. The summed E-state index contributed by atoms with van der Waals surface area (Å²) >= 11 is 0. The lowest BCUT2D eigenvalue weighted by molar-refractivity contribution is 0.395. The highest BCUT2D eigenvalue weighted by Crippen LogP contribution is 2.35. The Hall–Kier alpha value is -1.11. The fraction of sp³-hybridized carbons (Fsp3) is 0.600. The number of nitrogen functional groups attached to an aromatic ring is 1. The smallest absolute Gasteiger partial charge is 0.243 e. The van der Waals surface area contributed by atoms with Crippen molar-refractivity contribution in [1.29, 1.82) is 0 Å². The second-order valence-corrected chi connectivity index (χ2v) is 7.61. The number of anilines is 1. The molecule has 0 atom stereocenters. The molecular weight excluding hydrogens is 286 g/mol. The minimum absolute atomic E-state index is 0.188. The maximum atomic E-state index is 13.0. The van der Waals surface area contributed by atoms with Crippen LogP contribution >= 0.6 is 0 Å². The fourth-order valence-electron chi connectivity index (χ4n) is 2.73. The number of unbranched alkanes of at least 4 members (excludes halogenated alkanes) is 1.